The monoisotopic (exact) mass is 992 g/mol. The van der Waals surface area contributed by atoms with Crippen molar-refractivity contribution in [2.24, 2.45) is 17.8 Å². The molecule has 5 aromatic rings. The molecule has 0 unspecified atom stereocenters. The summed E-state index contributed by atoms with van der Waals surface area (Å²) in [6, 6.07) is 31.0. The minimum atomic E-state index is -1.32. The third-order valence-corrected chi connectivity index (χ3v) is 16.9. The molecule has 6 aliphatic rings. The molecular weight excluding hydrogens is 925 g/mol. The van der Waals surface area contributed by atoms with Gasteiger partial charge in [0.15, 0.2) is 17.8 Å². The van der Waals surface area contributed by atoms with E-state index in [2.05, 4.69) is 84.9 Å². The fraction of sp³-hybridized carbons (Fsp3) is 0.459. The van der Waals surface area contributed by atoms with Crippen molar-refractivity contribution in [3.63, 3.8) is 0 Å². The molecule has 2 fully saturated rings. The third-order valence-electron chi connectivity index (χ3n) is 16.9. The number of esters is 2. The van der Waals surface area contributed by atoms with Crippen LogP contribution >= 0.6 is 0 Å². The first-order valence-corrected chi connectivity index (χ1v) is 26.4. The quantitative estimate of drug-likeness (QED) is 0.0324. The van der Waals surface area contributed by atoms with Gasteiger partial charge >= 0.3 is 17.6 Å². The summed E-state index contributed by atoms with van der Waals surface area (Å²) in [5.41, 5.74) is 5.11. The normalized spacial score (nSPS) is 27.2. The largest absolute Gasteiger partial charge is 0.482 e. The number of benzene rings is 4. The molecule has 2 saturated carbocycles. The molecule has 0 amide bonds. The van der Waals surface area contributed by atoms with Crippen LogP contribution in [0.25, 0.3) is 11.0 Å². The summed E-state index contributed by atoms with van der Waals surface area (Å²) in [5, 5.41) is 41.6. The van der Waals surface area contributed by atoms with Crippen molar-refractivity contribution in [2.45, 2.75) is 133 Å². The minimum Gasteiger partial charge on any atom is -0.482 e. The highest BCUT2D eigenvalue weighted by atomic mass is 16.6. The van der Waals surface area contributed by atoms with Gasteiger partial charge in [-0.1, -0.05) is 110 Å². The predicted octanol–water partition coefficient (Wildman–Crippen LogP) is 9.71. The average molecular weight is 993 g/mol. The summed E-state index contributed by atoms with van der Waals surface area (Å²) >= 11 is 0. The Morgan fingerprint density at radius 3 is 2.38 bits per heavy atom. The van der Waals surface area contributed by atoms with Gasteiger partial charge in [-0.05, 0) is 128 Å². The van der Waals surface area contributed by atoms with E-state index in [1.165, 1.54) is 11.1 Å². The third kappa shape index (κ3) is 10.2. The van der Waals surface area contributed by atoms with Gasteiger partial charge < -0.3 is 43.8 Å². The lowest BCUT2D eigenvalue weighted by atomic mass is 9.59. The number of hydrogen-bond donors (Lipinski definition) is 4. The standard InChI is InChI=1S/C61H68O12/c1-37(33-63)47-22-18-38-16-19-41(20-17-38)48-23-21-44(43-13-7-11-40(30-43)29-39-9-3-2-4-10-39)31-46(48)32-53(66)70-57-55-52(73-61(58(57)72-59(47)67)27-8-14-42-12-5-6-15-51(42)61)25-24-49-50(34-64)54(60(68)71-56(49)55)45(26-28-62)35-69-36-65/h2-4,7,9-11,13,16-17,19-21,23-25,30,42,44-46,48,51,57-58,62-65H,5-6,8,12,14-15,18,22,26-29,31-36H2,1H3/b47-37-/t42-,44-,45+,46-,48-,51-,57+,58-,61-/m0/s1. The average Bonchev–Trinajstić information content (AvgIpc) is 3.40. The van der Waals surface area contributed by atoms with Crippen LogP contribution in [0.3, 0.4) is 0 Å². The van der Waals surface area contributed by atoms with E-state index in [1.807, 2.05) is 6.07 Å². The van der Waals surface area contributed by atoms with E-state index in [0.717, 1.165) is 61.6 Å². The fourth-order valence-electron chi connectivity index (χ4n) is 13.3. The molecular formula is C61H68O12. The maximum atomic E-state index is 15.4. The number of carbonyl (C=O) groups is 2. The molecule has 4 aromatic carbocycles. The molecule has 3 aliphatic heterocycles. The zero-order valence-corrected chi connectivity index (χ0v) is 41.7. The Morgan fingerprint density at radius 1 is 0.808 bits per heavy atom. The van der Waals surface area contributed by atoms with Crippen LogP contribution in [0, 0.1) is 17.8 Å². The second-order valence-electron chi connectivity index (χ2n) is 21.1. The van der Waals surface area contributed by atoms with Gasteiger partial charge in [0.05, 0.1) is 25.4 Å². The first-order chi connectivity index (χ1) is 35.6. The zero-order valence-electron chi connectivity index (χ0n) is 41.7. The SMILES string of the molecule is C/C(CO)=C1\CCc2ccc(cc2)[C@@H]2C=C[C@H](c3cccc(Cc4ccccc4)c3)C[C@H]2CC(=O)O[C@@H]2c3c(ccc4c(CO)c([C@H](CCO)COCO)c(=O)oc34)O[C@]3(CCC[C@@H]4CCCC[C@@H]43)[C@H]2OC1=O. The van der Waals surface area contributed by atoms with E-state index in [4.69, 9.17) is 23.4 Å². The van der Waals surface area contributed by atoms with Crippen LogP contribution in [-0.2, 0) is 43.2 Å². The van der Waals surface area contributed by atoms with Crippen LogP contribution < -0.4 is 10.4 Å². The summed E-state index contributed by atoms with van der Waals surface area (Å²) < 4.78 is 32.9. The molecule has 12 nitrogen and oxygen atoms in total. The molecule has 12 heteroatoms. The van der Waals surface area contributed by atoms with E-state index in [9.17, 15) is 25.2 Å². The summed E-state index contributed by atoms with van der Waals surface area (Å²) in [6.45, 7) is -0.259. The molecule has 11 rings (SSSR count). The Kier molecular flexibility index (Phi) is 15.5. The van der Waals surface area contributed by atoms with Crippen molar-refractivity contribution in [3.8, 4) is 5.75 Å². The van der Waals surface area contributed by atoms with Gasteiger partial charge in [0, 0.05) is 53.2 Å². The molecule has 73 heavy (non-hydrogen) atoms. The lowest BCUT2D eigenvalue weighted by Crippen LogP contribution is -2.63. The van der Waals surface area contributed by atoms with Crippen LogP contribution in [0.5, 0.6) is 5.75 Å². The summed E-state index contributed by atoms with van der Waals surface area (Å²) in [6.07, 6.45) is 10.4. The molecule has 0 saturated heterocycles. The van der Waals surface area contributed by atoms with Crippen molar-refractivity contribution in [2.75, 3.05) is 26.6 Å². The number of aliphatic hydroxyl groups excluding tert-OH is 4. The Labute approximate surface area is 426 Å². The van der Waals surface area contributed by atoms with Crippen molar-refractivity contribution < 1.29 is 53.4 Å². The second-order valence-corrected chi connectivity index (χ2v) is 21.1. The smallest absolute Gasteiger partial charge is 0.340 e. The van der Waals surface area contributed by atoms with Gasteiger partial charge in [-0.3, -0.25) is 4.79 Å². The Balaban J connectivity index is 1.12. The van der Waals surface area contributed by atoms with Crippen molar-refractivity contribution >= 4 is 22.9 Å². The summed E-state index contributed by atoms with van der Waals surface area (Å²) in [5.74, 6) is -1.67. The number of aryl methyl sites for hydroxylation is 1. The number of fused-ring (bicyclic) bond motifs is 13. The molecule has 0 radical (unpaired) electrons. The Morgan fingerprint density at radius 2 is 1.60 bits per heavy atom. The maximum absolute atomic E-state index is 15.4. The fourth-order valence-corrected chi connectivity index (χ4v) is 13.3. The lowest BCUT2D eigenvalue weighted by Gasteiger charge is -2.56. The van der Waals surface area contributed by atoms with Gasteiger partial charge in [-0.25, -0.2) is 9.59 Å². The first-order valence-electron chi connectivity index (χ1n) is 26.4. The van der Waals surface area contributed by atoms with Crippen LogP contribution in [0.1, 0.15) is 146 Å². The van der Waals surface area contributed by atoms with Crippen LogP contribution in [0.4, 0.5) is 0 Å². The number of aliphatic hydroxyl groups is 4. The van der Waals surface area contributed by atoms with Gasteiger partial charge in [-0.2, -0.15) is 0 Å². The molecule has 4 N–H and O–H groups in total. The number of hydrogen-bond acceptors (Lipinski definition) is 12. The molecule has 1 aromatic heterocycles. The molecule has 3 aliphatic carbocycles. The zero-order chi connectivity index (χ0) is 50.6. The minimum absolute atomic E-state index is 0.0163. The van der Waals surface area contributed by atoms with Gasteiger partial charge in [-0.15, -0.1) is 0 Å². The van der Waals surface area contributed by atoms with Crippen LogP contribution in [0.15, 0.2) is 124 Å². The number of ether oxygens (including phenoxy) is 4. The Bertz CT molecular complexity index is 2900. The highest BCUT2D eigenvalue weighted by molar-refractivity contribution is 5.90. The molecule has 1 spiro atoms. The molecule has 9 atom stereocenters. The van der Waals surface area contributed by atoms with Crippen LogP contribution in [0.2, 0.25) is 0 Å². The van der Waals surface area contributed by atoms with Crippen molar-refractivity contribution in [1.82, 2.24) is 0 Å². The highest BCUT2D eigenvalue weighted by Crippen LogP contribution is 2.58. The Hall–Kier alpha value is -5.89. The van der Waals surface area contributed by atoms with Gasteiger partial charge in [0.25, 0.3) is 0 Å². The molecule has 384 valence electrons. The second kappa shape index (κ2) is 22.3. The molecule has 2 bridgehead atoms. The predicted molar refractivity (Wildman–Crippen MR) is 275 cm³/mol. The lowest BCUT2D eigenvalue weighted by molar-refractivity contribution is -0.216. The van der Waals surface area contributed by atoms with Crippen molar-refractivity contribution in [3.05, 3.63) is 169 Å². The topological polar surface area (TPSA) is 182 Å². The van der Waals surface area contributed by atoms with Crippen LogP contribution in [-0.4, -0.2) is 70.7 Å². The molecule has 4 heterocycles. The van der Waals surface area contributed by atoms with Gasteiger partial charge in [0.2, 0.25) is 0 Å². The maximum Gasteiger partial charge on any atom is 0.340 e. The number of carbonyl (C=O) groups excluding carboxylic acids is 2. The highest BCUT2D eigenvalue weighted by Gasteiger charge is 2.62. The van der Waals surface area contributed by atoms with Crippen molar-refractivity contribution in [1.29, 1.82) is 0 Å². The number of rotatable bonds is 11. The van der Waals surface area contributed by atoms with E-state index in [-0.39, 0.29) is 90.9 Å². The van der Waals surface area contributed by atoms with E-state index in [1.54, 1.807) is 19.1 Å². The van der Waals surface area contributed by atoms with E-state index in [0.29, 0.717) is 41.5 Å². The van der Waals surface area contributed by atoms with E-state index < -0.39 is 54.7 Å². The van der Waals surface area contributed by atoms with E-state index >= 15 is 9.59 Å². The summed E-state index contributed by atoms with van der Waals surface area (Å²) in [7, 11) is 0. The first kappa shape index (κ1) is 50.6. The van der Waals surface area contributed by atoms with Gasteiger partial charge in [0.1, 0.15) is 18.1 Å². The summed E-state index contributed by atoms with van der Waals surface area (Å²) in [4.78, 5) is 44.9. The number of allylic oxidation sites excluding steroid dienone is 2.